The maximum atomic E-state index is 10.4. The van der Waals surface area contributed by atoms with Gasteiger partial charge in [-0.1, -0.05) is 0 Å². The Morgan fingerprint density at radius 1 is 1.62 bits per heavy atom. The van der Waals surface area contributed by atoms with E-state index in [1.807, 2.05) is 0 Å². The molecule has 0 radical (unpaired) electrons. The summed E-state index contributed by atoms with van der Waals surface area (Å²) in [4.78, 5) is 10.4. The molecule has 0 rings (SSSR count). The van der Waals surface area contributed by atoms with Crippen LogP contribution in [0, 0.1) is 0 Å². The van der Waals surface area contributed by atoms with Crippen molar-refractivity contribution in [1.82, 2.24) is 0 Å². The van der Waals surface area contributed by atoms with E-state index in [9.17, 15) is 4.79 Å². The molecule has 8 heavy (non-hydrogen) atoms. The summed E-state index contributed by atoms with van der Waals surface area (Å²) < 4.78 is 0.408. The molecule has 0 amide bonds. The van der Waals surface area contributed by atoms with Crippen LogP contribution in [0.4, 0.5) is 0 Å². The summed E-state index contributed by atoms with van der Waals surface area (Å²) in [6.45, 7) is 3.84. The normalized spacial score (nSPS) is 9.75. The van der Waals surface area contributed by atoms with E-state index < -0.39 is 0 Å². The van der Waals surface area contributed by atoms with Gasteiger partial charge in [0.25, 0.3) is 0 Å². The topological polar surface area (TPSA) is 17.1 Å². The van der Waals surface area contributed by atoms with Crippen molar-refractivity contribution in [3.05, 3.63) is 0 Å². The summed E-state index contributed by atoms with van der Waals surface area (Å²) in [6, 6.07) is 0. The van der Waals surface area contributed by atoms with Gasteiger partial charge in [-0.2, -0.15) is 0 Å². The first-order valence-corrected chi connectivity index (χ1v) is 4.94. The Labute approximate surface area is 58.4 Å². The molecular formula is C6H12ORu. The number of hydrogen-bond donors (Lipinski definition) is 0. The van der Waals surface area contributed by atoms with Gasteiger partial charge in [0.05, 0.1) is 0 Å². The van der Waals surface area contributed by atoms with Gasteiger partial charge in [-0.15, -0.1) is 0 Å². The van der Waals surface area contributed by atoms with E-state index in [1.54, 1.807) is 6.92 Å². The standard InChI is InChI=1S/C4H9.C2H3O.Ru/c1-3-4-2;1-2-3;/h1,3-4H2,2H3;1H3;. The van der Waals surface area contributed by atoms with Gasteiger partial charge in [0.2, 0.25) is 0 Å². The molecule has 2 heteroatoms. The summed E-state index contributed by atoms with van der Waals surface area (Å²) in [5.74, 6) is 0. The van der Waals surface area contributed by atoms with Crippen molar-refractivity contribution in [2.24, 2.45) is 0 Å². The number of carbonyl (C=O) groups excluding carboxylic acids is 1. The number of unbranched alkanes of at least 4 members (excludes halogenated alkanes) is 1. The molecule has 0 unspecified atom stereocenters. The summed E-state index contributed by atoms with van der Waals surface area (Å²) >= 11 is 0.0748. The Hall–Kier alpha value is 0.293. The molecule has 0 bridgehead atoms. The molecule has 0 aliphatic rings. The fourth-order valence-corrected chi connectivity index (χ4v) is 1.85. The van der Waals surface area contributed by atoms with Crippen LogP contribution in [0.3, 0.4) is 0 Å². The van der Waals surface area contributed by atoms with Crippen molar-refractivity contribution in [1.29, 1.82) is 0 Å². The van der Waals surface area contributed by atoms with Gasteiger partial charge in [-0.05, 0) is 0 Å². The third-order valence-corrected chi connectivity index (χ3v) is 2.66. The van der Waals surface area contributed by atoms with Crippen LogP contribution < -0.4 is 0 Å². The van der Waals surface area contributed by atoms with Crippen LogP contribution >= 0.6 is 0 Å². The zero-order valence-corrected chi connectivity index (χ0v) is 7.12. The minimum absolute atomic E-state index is 0.0748. The molecule has 50 valence electrons. The Morgan fingerprint density at radius 2 is 2.25 bits per heavy atom. The van der Waals surface area contributed by atoms with Crippen molar-refractivity contribution in [2.45, 2.75) is 31.7 Å². The first-order chi connectivity index (χ1) is 3.77. The average molecular weight is 201 g/mol. The molecular weight excluding hydrogens is 189 g/mol. The van der Waals surface area contributed by atoms with Crippen molar-refractivity contribution in [3.8, 4) is 0 Å². The fraction of sp³-hybridized carbons (Fsp3) is 0.833. The average Bonchev–Trinajstić information content (AvgIpc) is 1.66. The first-order valence-electron chi connectivity index (χ1n) is 2.84. The zero-order valence-electron chi connectivity index (χ0n) is 5.38. The monoisotopic (exact) mass is 202 g/mol. The van der Waals surface area contributed by atoms with Crippen LogP contribution in [0.5, 0.6) is 0 Å². The summed E-state index contributed by atoms with van der Waals surface area (Å²) in [6.07, 6.45) is 2.46. The fourth-order valence-electron chi connectivity index (χ4n) is 0.312. The van der Waals surface area contributed by atoms with Crippen LogP contribution in [-0.2, 0) is 21.9 Å². The maximum absolute atomic E-state index is 10.4. The Morgan fingerprint density at radius 3 is 2.62 bits per heavy atom. The van der Waals surface area contributed by atoms with Gasteiger partial charge in [0, 0.05) is 0 Å². The number of hydrogen-bond acceptors (Lipinski definition) is 1. The van der Waals surface area contributed by atoms with E-state index in [4.69, 9.17) is 0 Å². The van der Waals surface area contributed by atoms with Crippen LogP contribution in [0.2, 0.25) is 5.02 Å². The molecule has 0 aromatic rings. The number of carbonyl (C=O) groups is 1. The molecule has 0 aliphatic heterocycles. The predicted molar refractivity (Wildman–Crippen MR) is 30.4 cm³/mol. The summed E-state index contributed by atoms with van der Waals surface area (Å²) in [7, 11) is 0. The Kier molecular flexibility index (Phi) is 5.63. The van der Waals surface area contributed by atoms with Crippen LogP contribution in [-0.4, -0.2) is 4.38 Å². The second-order valence-corrected chi connectivity index (χ2v) is 4.32. The van der Waals surface area contributed by atoms with Gasteiger partial charge >= 0.3 is 58.0 Å². The van der Waals surface area contributed by atoms with Crippen molar-refractivity contribution < 1.29 is 21.9 Å². The third kappa shape index (κ3) is 6.29. The molecule has 0 N–H and O–H groups in total. The second-order valence-electron chi connectivity index (χ2n) is 1.61. The van der Waals surface area contributed by atoms with Crippen LogP contribution in [0.25, 0.3) is 0 Å². The molecule has 0 fully saturated rings. The van der Waals surface area contributed by atoms with Crippen molar-refractivity contribution in [2.75, 3.05) is 0 Å². The third-order valence-electron chi connectivity index (χ3n) is 0.743. The van der Waals surface area contributed by atoms with E-state index >= 15 is 0 Å². The van der Waals surface area contributed by atoms with Gasteiger partial charge in [-0.3, -0.25) is 0 Å². The van der Waals surface area contributed by atoms with Gasteiger partial charge in [0.15, 0.2) is 0 Å². The predicted octanol–water partition coefficient (Wildman–Crippen LogP) is 1.83. The minimum atomic E-state index is 0.0748. The SMILES string of the molecule is CCC[CH2][Ru][C](C)=O. The van der Waals surface area contributed by atoms with Gasteiger partial charge in [-0.25, -0.2) is 0 Å². The molecule has 0 aromatic carbocycles. The molecule has 0 heterocycles. The van der Waals surface area contributed by atoms with Crippen LogP contribution in [0.1, 0.15) is 26.7 Å². The second kappa shape index (κ2) is 5.43. The molecule has 0 aliphatic carbocycles. The van der Waals surface area contributed by atoms with E-state index in [-0.39, 0.29) is 17.1 Å². The molecule has 0 saturated heterocycles. The zero-order chi connectivity index (χ0) is 6.41. The Bertz CT molecular complexity index is 70.9. The van der Waals surface area contributed by atoms with E-state index in [1.165, 1.54) is 17.9 Å². The molecule has 0 spiro atoms. The van der Waals surface area contributed by atoms with Crippen molar-refractivity contribution >= 4 is 4.38 Å². The molecule has 0 atom stereocenters. The van der Waals surface area contributed by atoms with E-state index in [0.29, 0.717) is 4.38 Å². The van der Waals surface area contributed by atoms with Gasteiger partial charge < -0.3 is 0 Å². The first kappa shape index (κ1) is 8.29. The quantitative estimate of drug-likeness (QED) is 0.501. The van der Waals surface area contributed by atoms with Crippen LogP contribution in [0.15, 0.2) is 0 Å². The van der Waals surface area contributed by atoms with E-state index in [2.05, 4.69) is 6.92 Å². The molecule has 0 aromatic heterocycles. The summed E-state index contributed by atoms with van der Waals surface area (Å²) in [5, 5.41) is 1.17. The Balaban J connectivity index is 2.82. The van der Waals surface area contributed by atoms with Gasteiger partial charge in [0.1, 0.15) is 0 Å². The van der Waals surface area contributed by atoms with Crippen molar-refractivity contribution in [3.63, 3.8) is 0 Å². The number of rotatable bonds is 4. The molecule has 1 nitrogen and oxygen atoms in total. The summed E-state index contributed by atoms with van der Waals surface area (Å²) in [5.41, 5.74) is 0. The molecule has 0 saturated carbocycles. The van der Waals surface area contributed by atoms with E-state index in [0.717, 1.165) is 0 Å².